The number of aryl methyl sites for hydroxylation is 1. The first-order valence-corrected chi connectivity index (χ1v) is 9.38. The van der Waals surface area contributed by atoms with E-state index >= 15 is 0 Å². The number of aromatic nitrogens is 1. The van der Waals surface area contributed by atoms with Gasteiger partial charge in [0.15, 0.2) is 0 Å². The Morgan fingerprint density at radius 3 is 2.62 bits per heavy atom. The molecule has 1 aromatic heterocycles. The van der Waals surface area contributed by atoms with E-state index in [0.717, 1.165) is 43.0 Å². The van der Waals surface area contributed by atoms with E-state index in [0.29, 0.717) is 12.1 Å². The summed E-state index contributed by atoms with van der Waals surface area (Å²) in [7, 11) is 0. The van der Waals surface area contributed by atoms with Crippen molar-refractivity contribution in [2.24, 2.45) is 0 Å². The summed E-state index contributed by atoms with van der Waals surface area (Å²) in [5.74, 6) is 0.196. The van der Waals surface area contributed by atoms with Gasteiger partial charge in [0.2, 0.25) is 0 Å². The van der Waals surface area contributed by atoms with Crippen LogP contribution < -0.4 is 5.32 Å². The molecule has 2 aromatic rings. The molecular weight excluding hydrogens is 346 g/mol. The summed E-state index contributed by atoms with van der Waals surface area (Å²) in [6, 6.07) is 13.6. The van der Waals surface area contributed by atoms with E-state index in [1.54, 1.807) is 0 Å². The smallest absolute Gasteiger partial charge is 0.255 e. The molecule has 1 amide bonds. The quantitative estimate of drug-likeness (QED) is 0.893. The molecule has 0 spiro atoms. The highest BCUT2D eigenvalue weighted by Crippen LogP contribution is 2.24. The maximum Gasteiger partial charge on any atom is 0.255 e. The number of fused-ring (bicyclic) bond motifs is 2. The summed E-state index contributed by atoms with van der Waals surface area (Å²) in [6.07, 6.45) is 3.53. The van der Waals surface area contributed by atoms with Gasteiger partial charge in [0, 0.05) is 43.1 Å². The molecule has 4 nitrogen and oxygen atoms in total. The molecule has 2 bridgehead atoms. The number of halogens is 1. The van der Waals surface area contributed by atoms with Crippen LogP contribution in [0, 0.1) is 13.8 Å². The van der Waals surface area contributed by atoms with Crippen LogP contribution in [0.25, 0.3) is 0 Å². The van der Waals surface area contributed by atoms with Crippen molar-refractivity contribution in [1.82, 2.24) is 14.8 Å². The van der Waals surface area contributed by atoms with Gasteiger partial charge in [-0.05, 0) is 44.7 Å². The van der Waals surface area contributed by atoms with Crippen molar-refractivity contribution in [1.29, 1.82) is 0 Å². The zero-order chi connectivity index (χ0) is 17.4. The highest BCUT2D eigenvalue weighted by Gasteiger charge is 2.32. The lowest BCUT2D eigenvalue weighted by atomic mass is 10.1. The van der Waals surface area contributed by atoms with Gasteiger partial charge in [-0.2, -0.15) is 0 Å². The Balaban J connectivity index is 0.00000196. The van der Waals surface area contributed by atoms with Crippen LogP contribution in [-0.4, -0.2) is 40.5 Å². The summed E-state index contributed by atoms with van der Waals surface area (Å²) in [6.45, 7) is 6.70. The molecule has 2 aliphatic heterocycles. The molecule has 0 radical (unpaired) electrons. The Morgan fingerprint density at radius 1 is 1.12 bits per heavy atom. The minimum absolute atomic E-state index is 0. The molecule has 1 aromatic carbocycles. The average molecular weight is 374 g/mol. The fourth-order valence-corrected chi connectivity index (χ4v) is 4.32. The molecule has 5 heteroatoms. The number of hydrogen-bond acceptors (Lipinski definition) is 2. The number of carbonyl (C=O) groups is 1. The summed E-state index contributed by atoms with van der Waals surface area (Å²) >= 11 is 0. The van der Waals surface area contributed by atoms with Crippen LogP contribution in [0.1, 0.15) is 46.6 Å². The van der Waals surface area contributed by atoms with Crippen molar-refractivity contribution in [3.05, 3.63) is 58.9 Å². The third-order valence-corrected chi connectivity index (χ3v) is 5.80. The van der Waals surface area contributed by atoms with E-state index in [2.05, 4.69) is 59.0 Å². The van der Waals surface area contributed by atoms with Gasteiger partial charge in [-0.15, -0.1) is 12.4 Å². The molecule has 26 heavy (non-hydrogen) atoms. The lowest BCUT2D eigenvalue weighted by Crippen LogP contribution is -2.39. The maximum atomic E-state index is 13.2. The summed E-state index contributed by atoms with van der Waals surface area (Å²) in [4.78, 5) is 15.2. The monoisotopic (exact) mass is 373 g/mol. The molecule has 3 heterocycles. The highest BCUT2D eigenvalue weighted by atomic mass is 35.5. The zero-order valence-electron chi connectivity index (χ0n) is 15.6. The van der Waals surface area contributed by atoms with Crippen molar-refractivity contribution in [3.63, 3.8) is 0 Å². The summed E-state index contributed by atoms with van der Waals surface area (Å²) < 4.78 is 2.25. The highest BCUT2D eigenvalue weighted by molar-refractivity contribution is 5.95. The average Bonchev–Trinajstić information content (AvgIpc) is 3.08. The van der Waals surface area contributed by atoms with E-state index in [9.17, 15) is 4.79 Å². The number of nitrogens with zero attached hydrogens (tertiary/aromatic N) is 2. The molecule has 2 unspecified atom stereocenters. The molecule has 2 aliphatic rings. The largest absolute Gasteiger partial charge is 0.344 e. The van der Waals surface area contributed by atoms with Crippen molar-refractivity contribution < 1.29 is 4.79 Å². The molecule has 0 aliphatic carbocycles. The number of hydrogen-bond donors (Lipinski definition) is 1. The second-order valence-electron chi connectivity index (χ2n) is 7.53. The van der Waals surface area contributed by atoms with E-state index < -0.39 is 0 Å². The first kappa shape index (κ1) is 19.0. The summed E-state index contributed by atoms with van der Waals surface area (Å²) in [5, 5.41) is 3.65. The molecule has 140 valence electrons. The molecule has 2 atom stereocenters. The second kappa shape index (κ2) is 7.85. The Labute approximate surface area is 162 Å². The van der Waals surface area contributed by atoms with E-state index in [1.807, 2.05) is 6.07 Å². The minimum Gasteiger partial charge on any atom is -0.344 e. The van der Waals surface area contributed by atoms with Crippen molar-refractivity contribution in [2.75, 3.05) is 13.1 Å². The van der Waals surface area contributed by atoms with Gasteiger partial charge >= 0.3 is 0 Å². The number of amides is 1. The zero-order valence-corrected chi connectivity index (χ0v) is 16.4. The van der Waals surface area contributed by atoms with Gasteiger partial charge < -0.3 is 14.8 Å². The number of rotatable bonds is 3. The maximum absolute atomic E-state index is 13.2. The summed E-state index contributed by atoms with van der Waals surface area (Å²) in [5.41, 5.74) is 4.36. The van der Waals surface area contributed by atoms with Crippen LogP contribution in [0.5, 0.6) is 0 Å². The second-order valence-corrected chi connectivity index (χ2v) is 7.53. The third kappa shape index (κ3) is 3.67. The van der Waals surface area contributed by atoms with Crippen LogP contribution in [-0.2, 0) is 6.54 Å². The number of nitrogens with one attached hydrogen (secondary N) is 1. The van der Waals surface area contributed by atoms with Gasteiger partial charge in [0.05, 0.1) is 5.56 Å². The van der Waals surface area contributed by atoms with E-state index in [1.165, 1.54) is 18.4 Å². The molecule has 0 saturated carbocycles. The fourth-order valence-electron chi connectivity index (χ4n) is 4.32. The first-order chi connectivity index (χ1) is 12.1. The van der Waals surface area contributed by atoms with Crippen molar-refractivity contribution in [2.45, 2.75) is 51.7 Å². The SMILES string of the molecule is Cc1cc(C(=O)N2CCC3CCC(C2)N3)c(C)n1Cc1ccccc1.Cl. The molecular formula is C21H28ClN3O. The van der Waals surface area contributed by atoms with Crippen LogP contribution in [0.15, 0.2) is 36.4 Å². The number of carbonyl (C=O) groups excluding carboxylic acids is 1. The van der Waals surface area contributed by atoms with Crippen LogP contribution >= 0.6 is 12.4 Å². The fraction of sp³-hybridized carbons (Fsp3) is 0.476. The Bertz CT molecular complexity index is 771. The van der Waals surface area contributed by atoms with Gasteiger partial charge in [-0.3, -0.25) is 4.79 Å². The number of benzene rings is 1. The normalized spacial score (nSPS) is 22.0. The van der Waals surface area contributed by atoms with Gasteiger partial charge in [0.1, 0.15) is 0 Å². The lowest BCUT2D eigenvalue weighted by Gasteiger charge is -2.24. The predicted molar refractivity (Wildman–Crippen MR) is 107 cm³/mol. The minimum atomic E-state index is 0. The molecule has 2 saturated heterocycles. The number of likely N-dealkylation sites (tertiary alicyclic amines) is 1. The van der Waals surface area contributed by atoms with E-state index in [4.69, 9.17) is 0 Å². The van der Waals surface area contributed by atoms with Crippen LogP contribution in [0.3, 0.4) is 0 Å². The molecule has 4 rings (SSSR count). The Kier molecular flexibility index (Phi) is 5.73. The van der Waals surface area contributed by atoms with Crippen molar-refractivity contribution >= 4 is 18.3 Å². The lowest BCUT2D eigenvalue weighted by molar-refractivity contribution is 0.0747. The third-order valence-electron chi connectivity index (χ3n) is 5.80. The molecule has 2 fully saturated rings. The molecule has 1 N–H and O–H groups in total. The van der Waals surface area contributed by atoms with Gasteiger partial charge in [-0.1, -0.05) is 30.3 Å². The Hall–Kier alpha value is -1.78. The van der Waals surface area contributed by atoms with Gasteiger partial charge in [-0.25, -0.2) is 0 Å². The van der Waals surface area contributed by atoms with Crippen molar-refractivity contribution in [3.8, 4) is 0 Å². The first-order valence-electron chi connectivity index (χ1n) is 9.38. The Morgan fingerprint density at radius 2 is 1.85 bits per heavy atom. The van der Waals surface area contributed by atoms with Crippen LogP contribution in [0.4, 0.5) is 0 Å². The van der Waals surface area contributed by atoms with Gasteiger partial charge in [0.25, 0.3) is 5.91 Å². The predicted octanol–water partition coefficient (Wildman–Crippen LogP) is 3.54. The van der Waals surface area contributed by atoms with Crippen LogP contribution in [0.2, 0.25) is 0 Å². The standard InChI is InChI=1S/C21H27N3O.ClH/c1-15-12-20(16(2)24(15)13-17-6-4-3-5-7-17)21(25)23-11-10-18-8-9-19(14-23)22-18;/h3-7,12,18-19,22H,8-11,13-14H2,1-2H3;1H. The topological polar surface area (TPSA) is 37.3 Å². The van der Waals surface area contributed by atoms with E-state index in [-0.39, 0.29) is 18.3 Å².